The zero-order valence-corrected chi connectivity index (χ0v) is 16.1. The number of nitrogens with two attached hydrogens (primary N) is 1. The summed E-state index contributed by atoms with van der Waals surface area (Å²) in [5, 5.41) is 13.6. The minimum Gasteiger partial charge on any atom is -0.497 e. The highest BCUT2D eigenvalue weighted by Crippen LogP contribution is 2.29. The number of hydrogen-bond donors (Lipinski definition) is 3. The summed E-state index contributed by atoms with van der Waals surface area (Å²) in [7, 11) is 3.15. The third-order valence-corrected chi connectivity index (χ3v) is 4.04. The number of guanidine groups is 1. The summed E-state index contributed by atoms with van der Waals surface area (Å²) >= 11 is 0. The second kappa shape index (κ2) is 10.8. The van der Waals surface area contributed by atoms with Gasteiger partial charge in [-0.3, -0.25) is 4.99 Å². The number of ether oxygens (including phenoxy) is 2. The van der Waals surface area contributed by atoms with Crippen molar-refractivity contribution in [2.45, 2.75) is 52.2 Å². The van der Waals surface area contributed by atoms with Crippen LogP contribution in [-0.4, -0.2) is 37.9 Å². The number of nitrogens with one attached hydrogen (secondary N) is 1. The fourth-order valence-electron chi connectivity index (χ4n) is 2.59. The maximum Gasteiger partial charge on any atom is 0.188 e. The number of aliphatic imine (C=N–C) groups is 1. The van der Waals surface area contributed by atoms with Crippen molar-refractivity contribution in [2.24, 2.45) is 16.6 Å². The van der Waals surface area contributed by atoms with E-state index in [1.54, 1.807) is 32.4 Å². The van der Waals surface area contributed by atoms with E-state index in [4.69, 9.17) is 15.2 Å². The van der Waals surface area contributed by atoms with Gasteiger partial charge in [0.2, 0.25) is 0 Å². The van der Waals surface area contributed by atoms with Gasteiger partial charge >= 0.3 is 0 Å². The van der Waals surface area contributed by atoms with Crippen LogP contribution < -0.4 is 20.5 Å². The molecule has 2 atom stereocenters. The number of methoxy groups -OCH3 is 2. The monoisotopic (exact) mass is 351 g/mol. The Labute approximate surface area is 151 Å². The van der Waals surface area contributed by atoms with E-state index in [0.29, 0.717) is 28.9 Å². The van der Waals surface area contributed by atoms with Gasteiger partial charge in [-0.15, -0.1) is 0 Å². The summed E-state index contributed by atoms with van der Waals surface area (Å²) in [6, 6.07) is 5.55. The van der Waals surface area contributed by atoms with Gasteiger partial charge in [0.15, 0.2) is 5.96 Å². The molecule has 0 heterocycles. The molecular weight excluding hydrogens is 318 g/mol. The Balaban J connectivity index is 2.58. The molecule has 0 radical (unpaired) electrons. The van der Waals surface area contributed by atoms with Crippen LogP contribution >= 0.6 is 0 Å². The summed E-state index contributed by atoms with van der Waals surface area (Å²) < 4.78 is 10.5. The van der Waals surface area contributed by atoms with Crippen LogP contribution in [0.15, 0.2) is 23.2 Å². The summed E-state index contributed by atoms with van der Waals surface area (Å²) in [6.07, 6.45) is 2.59. The lowest BCUT2D eigenvalue weighted by Gasteiger charge is -2.17. The summed E-state index contributed by atoms with van der Waals surface area (Å²) in [6.45, 7) is 6.69. The van der Waals surface area contributed by atoms with E-state index in [9.17, 15) is 5.11 Å². The quantitative estimate of drug-likeness (QED) is 0.445. The Bertz CT molecular complexity index is 547. The average molecular weight is 351 g/mol. The predicted octanol–water partition coefficient (Wildman–Crippen LogP) is 2.86. The molecule has 0 aliphatic carbocycles. The molecule has 6 heteroatoms. The average Bonchev–Trinajstić information content (AvgIpc) is 2.58. The van der Waals surface area contributed by atoms with Crippen molar-refractivity contribution in [3.05, 3.63) is 23.8 Å². The van der Waals surface area contributed by atoms with Crippen LogP contribution in [0, 0.1) is 5.92 Å². The van der Waals surface area contributed by atoms with E-state index in [1.807, 2.05) is 0 Å². The number of aliphatic hydroxyl groups is 1. The molecule has 0 bridgehead atoms. The molecule has 0 aliphatic rings. The lowest BCUT2D eigenvalue weighted by Crippen LogP contribution is -2.38. The Hall–Kier alpha value is -1.95. The second-order valence-electron chi connectivity index (χ2n) is 6.72. The highest BCUT2D eigenvalue weighted by atomic mass is 16.5. The Kier molecular flexibility index (Phi) is 9.13. The zero-order valence-electron chi connectivity index (χ0n) is 16.1. The van der Waals surface area contributed by atoms with Crippen LogP contribution in [0.4, 0.5) is 0 Å². The van der Waals surface area contributed by atoms with E-state index in [2.05, 4.69) is 31.1 Å². The Morgan fingerprint density at radius 2 is 1.92 bits per heavy atom. The van der Waals surface area contributed by atoms with Gasteiger partial charge in [0.1, 0.15) is 17.6 Å². The molecule has 0 saturated heterocycles. The van der Waals surface area contributed by atoms with Gasteiger partial charge in [-0.05, 0) is 37.5 Å². The number of hydrogen-bond acceptors (Lipinski definition) is 4. The van der Waals surface area contributed by atoms with Gasteiger partial charge in [-0.1, -0.05) is 26.7 Å². The van der Waals surface area contributed by atoms with Gasteiger partial charge in [-0.25, -0.2) is 0 Å². The van der Waals surface area contributed by atoms with E-state index in [1.165, 1.54) is 6.42 Å². The molecular formula is C19H33N3O3. The van der Waals surface area contributed by atoms with E-state index in [-0.39, 0.29) is 12.6 Å². The minimum absolute atomic E-state index is 0.154. The molecule has 0 spiro atoms. The Morgan fingerprint density at radius 1 is 1.20 bits per heavy atom. The van der Waals surface area contributed by atoms with Crippen LogP contribution in [0.2, 0.25) is 0 Å². The number of nitrogens with zero attached hydrogens (tertiary/aromatic N) is 1. The molecule has 142 valence electrons. The largest absolute Gasteiger partial charge is 0.497 e. The van der Waals surface area contributed by atoms with Gasteiger partial charge in [-0.2, -0.15) is 0 Å². The van der Waals surface area contributed by atoms with Gasteiger partial charge in [0.25, 0.3) is 0 Å². The lowest BCUT2D eigenvalue weighted by atomic mass is 10.0. The summed E-state index contributed by atoms with van der Waals surface area (Å²) in [5.41, 5.74) is 6.56. The van der Waals surface area contributed by atoms with Crippen molar-refractivity contribution >= 4 is 5.96 Å². The fourth-order valence-corrected chi connectivity index (χ4v) is 2.59. The number of rotatable bonds is 10. The third kappa shape index (κ3) is 7.65. The molecule has 1 aromatic rings. The van der Waals surface area contributed by atoms with Crippen molar-refractivity contribution < 1.29 is 14.6 Å². The van der Waals surface area contributed by atoms with Crippen molar-refractivity contribution in [2.75, 3.05) is 20.8 Å². The SMILES string of the molecule is COc1ccc(OC)c(C(O)CN=C(N)NC(C)CCCC(C)C)c1. The maximum absolute atomic E-state index is 10.4. The summed E-state index contributed by atoms with van der Waals surface area (Å²) in [5.74, 6) is 2.31. The van der Waals surface area contributed by atoms with Crippen molar-refractivity contribution in [3.63, 3.8) is 0 Å². The Morgan fingerprint density at radius 3 is 2.52 bits per heavy atom. The minimum atomic E-state index is -0.818. The topological polar surface area (TPSA) is 89.1 Å². The highest BCUT2D eigenvalue weighted by molar-refractivity contribution is 5.78. The van der Waals surface area contributed by atoms with Gasteiger partial charge < -0.3 is 25.6 Å². The molecule has 0 aliphatic heterocycles. The normalized spacial score (nSPS) is 14.3. The van der Waals surface area contributed by atoms with Crippen molar-refractivity contribution in [1.82, 2.24) is 5.32 Å². The van der Waals surface area contributed by atoms with Crippen molar-refractivity contribution in [3.8, 4) is 11.5 Å². The van der Waals surface area contributed by atoms with E-state index < -0.39 is 6.10 Å². The molecule has 1 aromatic carbocycles. The lowest BCUT2D eigenvalue weighted by molar-refractivity contribution is 0.182. The smallest absolute Gasteiger partial charge is 0.188 e. The second-order valence-corrected chi connectivity index (χ2v) is 6.72. The number of benzene rings is 1. The van der Waals surface area contributed by atoms with Gasteiger partial charge in [0.05, 0.1) is 20.8 Å². The van der Waals surface area contributed by atoms with Crippen LogP contribution in [-0.2, 0) is 0 Å². The third-order valence-electron chi connectivity index (χ3n) is 4.04. The molecule has 25 heavy (non-hydrogen) atoms. The molecule has 2 unspecified atom stereocenters. The highest BCUT2D eigenvalue weighted by Gasteiger charge is 2.14. The standard InChI is InChI=1S/C19H33N3O3/c1-13(2)7-6-8-14(3)22-19(20)21-12-17(23)16-11-15(24-4)9-10-18(16)25-5/h9-11,13-14,17,23H,6-8,12H2,1-5H3,(H3,20,21,22). The van der Waals surface area contributed by atoms with Gasteiger partial charge in [0, 0.05) is 11.6 Å². The molecule has 0 aromatic heterocycles. The first-order chi connectivity index (χ1) is 11.9. The van der Waals surface area contributed by atoms with E-state index >= 15 is 0 Å². The summed E-state index contributed by atoms with van der Waals surface area (Å²) in [4.78, 5) is 4.25. The first-order valence-electron chi connectivity index (χ1n) is 8.83. The molecule has 6 nitrogen and oxygen atoms in total. The molecule has 1 rings (SSSR count). The van der Waals surface area contributed by atoms with Crippen LogP contribution in [0.5, 0.6) is 11.5 Å². The van der Waals surface area contributed by atoms with Crippen LogP contribution in [0.3, 0.4) is 0 Å². The number of aliphatic hydroxyl groups excluding tert-OH is 1. The van der Waals surface area contributed by atoms with Crippen molar-refractivity contribution in [1.29, 1.82) is 0 Å². The van der Waals surface area contributed by atoms with E-state index in [0.717, 1.165) is 12.8 Å². The molecule has 0 amide bonds. The molecule has 4 N–H and O–H groups in total. The first-order valence-corrected chi connectivity index (χ1v) is 8.83. The predicted molar refractivity (Wildman–Crippen MR) is 102 cm³/mol. The zero-order chi connectivity index (χ0) is 18.8. The van der Waals surface area contributed by atoms with Crippen LogP contribution in [0.25, 0.3) is 0 Å². The first kappa shape index (κ1) is 21.1. The van der Waals surface area contributed by atoms with Crippen LogP contribution in [0.1, 0.15) is 51.7 Å². The molecule has 0 saturated carbocycles. The fraction of sp³-hybridized carbons (Fsp3) is 0.632. The maximum atomic E-state index is 10.4. The molecule has 0 fully saturated rings.